The standard InChI is InChI=1S/C16H22BrNO3/c17-13-7-8-15(12(9-13)10-19)21-11-16(20)18-14-5-3-1-2-4-6-14/h7-9,14,19H,1-6,10-11H2,(H,18,20). The van der Waals surface area contributed by atoms with Crippen LogP contribution in [0.2, 0.25) is 0 Å². The van der Waals surface area contributed by atoms with Crippen LogP contribution in [0.4, 0.5) is 0 Å². The highest BCUT2D eigenvalue weighted by molar-refractivity contribution is 9.10. The summed E-state index contributed by atoms with van der Waals surface area (Å²) < 4.78 is 6.40. The maximum atomic E-state index is 12.0. The molecule has 1 fully saturated rings. The molecule has 0 heterocycles. The van der Waals surface area contributed by atoms with Crippen molar-refractivity contribution in [1.82, 2.24) is 5.32 Å². The molecule has 0 atom stereocenters. The SMILES string of the molecule is O=C(COc1ccc(Br)cc1CO)NC1CCCCCC1. The van der Waals surface area contributed by atoms with Crippen molar-refractivity contribution in [2.75, 3.05) is 6.61 Å². The van der Waals surface area contributed by atoms with E-state index in [0.29, 0.717) is 11.3 Å². The average molecular weight is 356 g/mol. The molecule has 1 aliphatic carbocycles. The highest BCUT2D eigenvalue weighted by atomic mass is 79.9. The second-order valence-electron chi connectivity index (χ2n) is 5.45. The van der Waals surface area contributed by atoms with Crippen LogP contribution in [0.1, 0.15) is 44.1 Å². The van der Waals surface area contributed by atoms with E-state index in [0.717, 1.165) is 17.3 Å². The van der Waals surface area contributed by atoms with E-state index >= 15 is 0 Å². The van der Waals surface area contributed by atoms with Crippen molar-refractivity contribution < 1.29 is 14.6 Å². The molecule has 0 radical (unpaired) electrons. The summed E-state index contributed by atoms with van der Waals surface area (Å²) in [6.45, 7) is -0.121. The first kappa shape index (κ1) is 16.3. The number of hydrogen-bond acceptors (Lipinski definition) is 3. The molecule has 2 N–H and O–H groups in total. The number of rotatable bonds is 5. The van der Waals surface area contributed by atoms with Crippen molar-refractivity contribution >= 4 is 21.8 Å². The van der Waals surface area contributed by atoms with Crippen LogP contribution >= 0.6 is 15.9 Å². The summed E-state index contributed by atoms with van der Waals surface area (Å²) in [6.07, 6.45) is 7.03. The lowest BCUT2D eigenvalue weighted by Gasteiger charge is -2.17. The molecule has 4 nitrogen and oxygen atoms in total. The number of amides is 1. The number of carbonyl (C=O) groups is 1. The third-order valence-electron chi connectivity index (χ3n) is 3.77. The first-order valence-corrected chi connectivity index (χ1v) is 8.30. The molecule has 21 heavy (non-hydrogen) atoms. The highest BCUT2D eigenvalue weighted by Gasteiger charge is 2.15. The van der Waals surface area contributed by atoms with Crippen molar-refractivity contribution in [3.8, 4) is 5.75 Å². The average Bonchev–Trinajstić information content (AvgIpc) is 2.74. The summed E-state index contributed by atoms with van der Waals surface area (Å²) in [5, 5.41) is 12.3. The number of ether oxygens (including phenoxy) is 1. The summed E-state index contributed by atoms with van der Waals surface area (Å²) in [4.78, 5) is 12.0. The predicted octanol–water partition coefficient (Wildman–Crippen LogP) is 3.16. The number of aliphatic hydroxyl groups excluding tert-OH is 1. The van der Waals surface area contributed by atoms with E-state index in [1.165, 1.54) is 25.7 Å². The van der Waals surface area contributed by atoms with E-state index in [9.17, 15) is 9.90 Å². The van der Waals surface area contributed by atoms with Gasteiger partial charge >= 0.3 is 0 Å². The number of benzene rings is 1. The Labute approximate surface area is 134 Å². The highest BCUT2D eigenvalue weighted by Crippen LogP contribution is 2.23. The number of hydrogen-bond donors (Lipinski definition) is 2. The van der Waals surface area contributed by atoms with Gasteiger partial charge in [-0.2, -0.15) is 0 Å². The lowest BCUT2D eigenvalue weighted by atomic mass is 10.1. The number of halogens is 1. The zero-order valence-electron chi connectivity index (χ0n) is 12.1. The van der Waals surface area contributed by atoms with Crippen molar-refractivity contribution in [3.05, 3.63) is 28.2 Å². The van der Waals surface area contributed by atoms with Gasteiger partial charge in [-0.3, -0.25) is 4.79 Å². The molecule has 0 aromatic heterocycles. The van der Waals surface area contributed by atoms with Crippen LogP contribution in [0.15, 0.2) is 22.7 Å². The molecular weight excluding hydrogens is 334 g/mol. The lowest BCUT2D eigenvalue weighted by Crippen LogP contribution is -2.37. The van der Waals surface area contributed by atoms with E-state index in [-0.39, 0.29) is 25.2 Å². The van der Waals surface area contributed by atoms with Gasteiger partial charge in [0.2, 0.25) is 0 Å². The third-order valence-corrected chi connectivity index (χ3v) is 4.27. The first-order chi connectivity index (χ1) is 10.2. The molecule has 0 bridgehead atoms. The molecule has 1 aliphatic rings. The molecular formula is C16H22BrNO3. The van der Waals surface area contributed by atoms with Gasteiger partial charge in [0.1, 0.15) is 5.75 Å². The smallest absolute Gasteiger partial charge is 0.258 e. The van der Waals surface area contributed by atoms with Crippen molar-refractivity contribution in [2.24, 2.45) is 0 Å². The normalized spacial score (nSPS) is 16.3. The molecule has 116 valence electrons. The molecule has 1 aromatic carbocycles. The largest absolute Gasteiger partial charge is 0.483 e. The number of carbonyl (C=O) groups excluding carboxylic acids is 1. The zero-order chi connectivity index (χ0) is 15.1. The van der Waals surface area contributed by atoms with E-state index in [1.54, 1.807) is 12.1 Å². The van der Waals surface area contributed by atoms with Gasteiger partial charge in [0.15, 0.2) is 6.61 Å². The van der Waals surface area contributed by atoms with Crippen LogP contribution < -0.4 is 10.1 Å². The van der Waals surface area contributed by atoms with Crippen LogP contribution in [0.3, 0.4) is 0 Å². The summed E-state index contributed by atoms with van der Waals surface area (Å²) >= 11 is 3.34. The van der Waals surface area contributed by atoms with Gasteiger partial charge in [-0.05, 0) is 31.0 Å². The van der Waals surface area contributed by atoms with E-state index in [4.69, 9.17) is 4.74 Å². The van der Waals surface area contributed by atoms with Crippen LogP contribution in [-0.4, -0.2) is 23.7 Å². The maximum absolute atomic E-state index is 12.0. The zero-order valence-corrected chi connectivity index (χ0v) is 13.7. The predicted molar refractivity (Wildman–Crippen MR) is 85.2 cm³/mol. The Morgan fingerprint density at radius 3 is 2.67 bits per heavy atom. The number of aliphatic hydroxyl groups is 1. The van der Waals surface area contributed by atoms with Gasteiger partial charge < -0.3 is 15.2 Å². The Morgan fingerprint density at radius 1 is 1.29 bits per heavy atom. The molecule has 1 aromatic rings. The second kappa shape index (κ2) is 8.39. The minimum Gasteiger partial charge on any atom is -0.483 e. The van der Waals surface area contributed by atoms with Gasteiger partial charge in [0, 0.05) is 16.1 Å². The molecule has 0 aliphatic heterocycles. The summed E-state index contributed by atoms with van der Waals surface area (Å²) in [5.74, 6) is 0.463. The molecule has 1 amide bonds. The Bertz CT molecular complexity index is 471. The Hall–Kier alpha value is -1.07. The fourth-order valence-corrected chi connectivity index (χ4v) is 3.06. The molecule has 0 unspecified atom stereocenters. The molecule has 5 heteroatoms. The van der Waals surface area contributed by atoms with Crippen LogP contribution in [0.5, 0.6) is 5.75 Å². The molecule has 0 spiro atoms. The fourth-order valence-electron chi connectivity index (χ4n) is 2.65. The molecule has 2 rings (SSSR count). The van der Waals surface area contributed by atoms with Gasteiger partial charge in [0.25, 0.3) is 5.91 Å². The van der Waals surface area contributed by atoms with Gasteiger partial charge in [0.05, 0.1) is 6.61 Å². The first-order valence-electron chi connectivity index (χ1n) is 7.50. The van der Waals surface area contributed by atoms with E-state index < -0.39 is 0 Å². The molecule has 1 saturated carbocycles. The summed E-state index contributed by atoms with van der Waals surface area (Å²) in [6, 6.07) is 5.66. The lowest BCUT2D eigenvalue weighted by molar-refractivity contribution is -0.123. The van der Waals surface area contributed by atoms with Gasteiger partial charge in [-0.1, -0.05) is 41.6 Å². The minimum atomic E-state index is -0.112. The van der Waals surface area contributed by atoms with Gasteiger partial charge in [-0.25, -0.2) is 0 Å². The van der Waals surface area contributed by atoms with Crippen LogP contribution in [-0.2, 0) is 11.4 Å². The molecule has 0 saturated heterocycles. The summed E-state index contributed by atoms with van der Waals surface area (Å²) in [5.41, 5.74) is 0.673. The summed E-state index contributed by atoms with van der Waals surface area (Å²) in [7, 11) is 0. The van der Waals surface area contributed by atoms with E-state index in [2.05, 4.69) is 21.2 Å². The second-order valence-corrected chi connectivity index (χ2v) is 6.37. The Balaban J connectivity index is 1.83. The maximum Gasteiger partial charge on any atom is 0.258 e. The third kappa shape index (κ3) is 5.32. The van der Waals surface area contributed by atoms with Gasteiger partial charge in [-0.15, -0.1) is 0 Å². The Morgan fingerprint density at radius 2 is 2.00 bits per heavy atom. The van der Waals surface area contributed by atoms with Crippen LogP contribution in [0.25, 0.3) is 0 Å². The quantitative estimate of drug-likeness (QED) is 0.797. The Kier molecular flexibility index (Phi) is 6.51. The fraction of sp³-hybridized carbons (Fsp3) is 0.562. The van der Waals surface area contributed by atoms with Crippen molar-refractivity contribution in [3.63, 3.8) is 0 Å². The van der Waals surface area contributed by atoms with Crippen molar-refractivity contribution in [2.45, 2.75) is 51.2 Å². The van der Waals surface area contributed by atoms with E-state index in [1.807, 2.05) is 6.07 Å². The van der Waals surface area contributed by atoms with Crippen molar-refractivity contribution in [1.29, 1.82) is 0 Å². The minimum absolute atomic E-state index is 0.00880. The number of nitrogens with one attached hydrogen (secondary N) is 1. The van der Waals surface area contributed by atoms with Crippen LogP contribution in [0, 0.1) is 0 Å². The topological polar surface area (TPSA) is 58.6 Å². The monoisotopic (exact) mass is 355 g/mol.